The molecule has 216 valence electrons. The van der Waals surface area contributed by atoms with Crippen LogP contribution in [0.5, 0.6) is 0 Å². The van der Waals surface area contributed by atoms with Gasteiger partial charge in [0.2, 0.25) is 0 Å². The predicted molar refractivity (Wildman–Crippen MR) is 155 cm³/mol. The van der Waals surface area contributed by atoms with Gasteiger partial charge in [0, 0.05) is 0 Å². The Labute approximate surface area is 226 Å². The lowest BCUT2D eigenvalue weighted by molar-refractivity contribution is -0.167. The smallest absolute Gasteiger partial charge is 0.311 e. The highest BCUT2D eigenvalue weighted by Gasteiger charge is 2.34. The Hall–Kier alpha value is -1.06. The van der Waals surface area contributed by atoms with Crippen LogP contribution >= 0.6 is 0 Å². The Balaban J connectivity index is 0. The summed E-state index contributed by atoms with van der Waals surface area (Å²) in [5.41, 5.74) is -0.720. The molecule has 0 atom stereocenters. The molecule has 0 aromatic heterocycles. The van der Waals surface area contributed by atoms with Crippen molar-refractivity contribution in [2.75, 3.05) is 0 Å². The van der Waals surface area contributed by atoms with E-state index in [0.717, 1.165) is 51.4 Å². The van der Waals surface area contributed by atoms with E-state index in [0.29, 0.717) is 23.7 Å². The van der Waals surface area contributed by atoms with Crippen LogP contribution in [0, 0.1) is 34.5 Å². The zero-order valence-electron chi connectivity index (χ0n) is 26.8. The van der Waals surface area contributed by atoms with E-state index in [4.69, 9.17) is 9.47 Å². The summed E-state index contributed by atoms with van der Waals surface area (Å²) in [5, 5.41) is 0. The molecule has 4 nitrogen and oxygen atoms in total. The first-order chi connectivity index (χ1) is 16.6. The molecule has 0 heterocycles. The van der Waals surface area contributed by atoms with E-state index in [2.05, 4.69) is 55.4 Å². The Bertz CT molecular complexity index is 561. The Morgan fingerprint density at radius 1 is 0.583 bits per heavy atom. The zero-order valence-corrected chi connectivity index (χ0v) is 26.8. The molecule has 0 aliphatic rings. The van der Waals surface area contributed by atoms with Crippen molar-refractivity contribution in [1.29, 1.82) is 0 Å². The number of hydrogen-bond acceptors (Lipinski definition) is 4. The van der Waals surface area contributed by atoms with Gasteiger partial charge in [-0.05, 0) is 103 Å². The highest BCUT2D eigenvalue weighted by molar-refractivity contribution is 5.76. The number of esters is 2. The van der Waals surface area contributed by atoms with Crippen LogP contribution < -0.4 is 0 Å². The molecule has 0 radical (unpaired) electrons. The minimum atomic E-state index is -0.365. The average molecular weight is 513 g/mol. The van der Waals surface area contributed by atoms with Crippen molar-refractivity contribution < 1.29 is 19.1 Å². The molecule has 0 aromatic carbocycles. The first kappa shape index (κ1) is 37.1. The van der Waals surface area contributed by atoms with Gasteiger partial charge in [-0.2, -0.15) is 0 Å². The lowest BCUT2D eigenvalue weighted by Crippen LogP contribution is -2.38. The third-order valence-electron chi connectivity index (χ3n) is 7.89. The van der Waals surface area contributed by atoms with Crippen molar-refractivity contribution in [3.05, 3.63) is 0 Å². The van der Waals surface area contributed by atoms with Gasteiger partial charge in [-0.15, -0.1) is 0 Å². The van der Waals surface area contributed by atoms with Crippen LogP contribution in [0.15, 0.2) is 0 Å². The normalized spacial score (nSPS) is 12.6. The number of carbonyl (C=O) groups is 2. The second-order valence-corrected chi connectivity index (χ2v) is 12.8. The molecule has 0 unspecified atom stereocenters. The van der Waals surface area contributed by atoms with E-state index in [1.807, 2.05) is 41.5 Å². The fourth-order valence-corrected chi connectivity index (χ4v) is 4.21. The Morgan fingerprint density at radius 2 is 0.889 bits per heavy atom. The van der Waals surface area contributed by atoms with Gasteiger partial charge in [0.05, 0.1) is 10.8 Å². The summed E-state index contributed by atoms with van der Waals surface area (Å²) in [6.45, 7) is 29.4. The van der Waals surface area contributed by atoms with E-state index in [9.17, 15) is 9.59 Å². The number of rotatable bonds is 16. The summed E-state index contributed by atoms with van der Waals surface area (Å²) in [7, 11) is 0. The fourth-order valence-electron chi connectivity index (χ4n) is 4.21. The quantitative estimate of drug-likeness (QED) is 0.193. The van der Waals surface area contributed by atoms with Gasteiger partial charge < -0.3 is 9.47 Å². The van der Waals surface area contributed by atoms with Crippen molar-refractivity contribution in [2.45, 2.75) is 161 Å². The first-order valence-corrected chi connectivity index (χ1v) is 15.0. The standard InChI is InChI=1S/C17H34O2.C15H30O2/c1-8-13(9-2)15(14(10-3)11-4)19-16(18)17(6,7)12-5;1-8-15(6,7)14(16)17-13(9-11(2)3)10-12(4)5/h13-15H,8-12H2,1-7H3;11-13H,8-10H2,1-7H3. The van der Waals surface area contributed by atoms with Gasteiger partial charge in [0.25, 0.3) is 0 Å². The zero-order chi connectivity index (χ0) is 28.7. The van der Waals surface area contributed by atoms with E-state index in [1.54, 1.807) is 0 Å². The average Bonchev–Trinajstić information content (AvgIpc) is 2.79. The number of hydrogen-bond donors (Lipinski definition) is 0. The van der Waals surface area contributed by atoms with Gasteiger partial charge >= 0.3 is 11.9 Å². The topological polar surface area (TPSA) is 52.6 Å². The largest absolute Gasteiger partial charge is 0.462 e. The minimum Gasteiger partial charge on any atom is -0.462 e. The maximum atomic E-state index is 12.4. The summed E-state index contributed by atoms with van der Waals surface area (Å²) in [6.07, 6.45) is 8.06. The summed E-state index contributed by atoms with van der Waals surface area (Å²) >= 11 is 0. The van der Waals surface area contributed by atoms with Crippen LogP contribution in [0.4, 0.5) is 0 Å². The maximum absolute atomic E-state index is 12.4. The number of ether oxygens (including phenoxy) is 2. The Morgan fingerprint density at radius 3 is 1.14 bits per heavy atom. The molecule has 0 rings (SSSR count). The lowest BCUT2D eigenvalue weighted by Gasteiger charge is -2.34. The summed E-state index contributed by atoms with van der Waals surface area (Å²) in [4.78, 5) is 24.4. The molecular weight excluding hydrogens is 448 g/mol. The van der Waals surface area contributed by atoms with Gasteiger partial charge in [0.1, 0.15) is 12.2 Å². The van der Waals surface area contributed by atoms with Crippen LogP contribution in [-0.4, -0.2) is 24.1 Å². The monoisotopic (exact) mass is 512 g/mol. The first-order valence-electron chi connectivity index (χ1n) is 15.0. The van der Waals surface area contributed by atoms with Gasteiger partial charge in [-0.3, -0.25) is 9.59 Å². The van der Waals surface area contributed by atoms with Crippen LogP contribution in [0.3, 0.4) is 0 Å². The van der Waals surface area contributed by atoms with E-state index in [-0.39, 0.29) is 35.0 Å². The third kappa shape index (κ3) is 14.0. The summed E-state index contributed by atoms with van der Waals surface area (Å²) < 4.78 is 11.6. The van der Waals surface area contributed by atoms with Crippen molar-refractivity contribution in [2.24, 2.45) is 34.5 Å². The molecule has 0 fully saturated rings. The lowest BCUT2D eigenvalue weighted by atomic mass is 9.83. The van der Waals surface area contributed by atoms with Gasteiger partial charge in [-0.25, -0.2) is 0 Å². The number of carbonyl (C=O) groups excluding carboxylic acids is 2. The van der Waals surface area contributed by atoms with Crippen LogP contribution in [0.2, 0.25) is 0 Å². The fraction of sp³-hybridized carbons (Fsp3) is 0.938. The third-order valence-corrected chi connectivity index (χ3v) is 7.89. The maximum Gasteiger partial charge on any atom is 0.311 e. The molecule has 0 N–H and O–H groups in total. The molecule has 0 amide bonds. The molecule has 0 saturated carbocycles. The molecule has 36 heavy (non-hydrogen) atoms. The molecular formula is C32H64O4. The van der Waals surface area contributed by atoms with Crippen molar-refractivity contribution in [3.8, 4) is 0 Å². The molecule has 0 aliphatic carbocycles. The van der Waals surface area contributed by atoms with Crippen molar-refractivity contribution in [3.63, 3.8) is 0 Å². The molecule has 0 saturated heterocycles. The second-order valence-electron chi connectivity index (χ2n) is 12.8. The minimum absolute atomic E-state index is 0.0289. The van der Waals surface area contributed by atoms with E-state index in [1.165, 1.54) is 0 Å². The summed E-state index contributed by atoms with van der Waals surface area (Å²) in [5.74, 6) is 2.03. The molecule has 0 aliphatic heterocycles. The predicted octanol–water partition coefficient (Wildman–Crippen LogP) is 9.63. The second kappa shape index (κ2) is 18.2. The van der Waals surface area contributed by atoms with Gasteiger partial charge in [0.15, 0.2) is 0 Å². The van der Waals surface area contributed by atoms with Crippen LogP contribution in [0.1, 0.15) is 148 Å². The van der Waals surface area contributed by atoms with E-state index < -0.39 is 0 Å². The van der Waals surface area contributed by atoms with Gasteiger partial charge in [-0.1, -0.05) is 69.2 Å². The van der Waals surface area contributed by atoms with Crippen LogP contribution in [-0.2, 0) is 19.1 Å². The van der Waals surface area contributed by atoms with E-state index >= 15 is 0 Å². The molecule has 4 heteroatoms. The highest BCUT2D eigenvalue weighted by atomic mass is 16.5. The highest BCUT2D eigenvalue weighted by Crippen LogP contribution is 2.31. The molecule has 0 bridgehead atoms. The van der Waals surface area contributed by atoms with Crippen molar-refractivity contribution in [1.82, 2.24) is 0 Å². The van der Waals surface area contributed by atoms with Crippen LogP contribution in [0.25, 0.3) is 0 Å². The summed E-state index contributed by atoms with van der Waals surface area (Å²) in [6, 6.07) is 0. The SMILES string of the molecule is CCC(C)(C)C(=O)OC(CC(C)C)CC(C)C.CCC(CC)C(OC(=O)C(C)(C)CC)C(CC)CC. The molecule has 0 aromatic rings. The molecule has 0 spiro atoms. The Kier molecular flexibility index (Phi) is 18.8. The van der Waals surface area contributed by atoms with Crippen molar-refractivity contribution >= 4 is 11.9 Å².